The Morgan fingerprint density at radius 1 is 1.10 bits per heavy atom. The predicted molar refractivity (Wildman–Crippen MR) is 73.1 cm³/mol. The molecule has 4 nitrogen and oxygen atoms in total. The van der Waals surface area contributed by atoms with Gasteiger partial charge in [0.25, 0.3) is 0 Å². The SMILES string of the molecule is CC1C=C2C(=O)c3ccccc3C(=O)C2=C(N)C1C=O. The summed E-state index contributed by atoms with van der Waals surface area (Å²) in [4.78, 5) is 36.2. The highest BCUT2D eigenvalue weighted by molar-refractivity contribution is 6.31. The van der Waals surface area contributed by atoms with Crippen molar-refractivity contribution in [1.82, 2.24) is 0 Å². The first-order valence-electron chi connectivity index (χ1n) is 6.41. The zero-order valence-electron chi connectivity index (χ0n) is 10.9. The van der Waals surface area contributed by atoms with Crippen LogP contribution in [0.5, 0.6) is 0 Å². The van der Waals surface area contributed by atoms with Crippen molar-refractivity contribution in [3.05, 3.63) is 58.3 Å². The number of ketones is 2. The van der Waals surface area contributed by atoms with E-state index in [4.69, 9.17) is 5.73 Å². The van der Waals surface area contributed by atoms with E-state index in [1.807, 2.05) is 6.92 Å². The van der Waals surface area contributed by atoms with Gasteiger partial charge in [-0.25, -0.2) is 0 Å². The van der Waals surface area contributed by atoms with Crippen LogP contribution in [0.4, 0.5) is 0 Å². The molecule has 0 radical (unpaired) electrons. The van der Waals surface area contributed by atoms with Crippen molar-refractivity contribution < 1.29 is 14.4 Å². The summed E-state index contributed by atoms with van der Waals surface area (Å²) in [5.41, 5.74) is 7.47. The second-order valence-electron chi connectivity index (χ2n) is 5.14. The van der Waals surface area contributed by atoms with E-state index in [0.29, 0.717) is 16.7 Å². The molecule has 0 saturated carbocycles. The minimum absolute atomic E-state index is 0.187. The van der Waals surface area contributed by atoms with Gasteiger partial charge >= 0.3 is 0 Å². The summed E-state index contributed by atoms with van der Waals surface area (Å²) in [6, 6.07) is 6.68. The predicted octanol–water partition coefficient (Wildman–Crippen LogP) is 1.67. The molecular formula is C16H13NO3. The number of fused-ring (bicyclic) bond motifs is 2. The molecule has 2 N–H and O–H groups in total. The normalized spacial score (nSPS) is 24.9. The Labute approximate surface area is 116 Å². The lowest BCUT2D eigenvalue weighted by atomic mass is 9.73. The van der Waals surface area contributed by atoms with Crippen molar-refractivity contribution in [3.8, 4) is 0 Å². The standard InChI is InChI=1S/C16H13NO3/c1-8-6-11-13(14(17)12(8)7-18)16(20)10-5-3-2-4-9(10)15(11)19/h2-8,12H,17H2,1H3. The number of aldehydes is 1. The van der Waals surface area contributed by atoms with E-state index in [2.05, 4.69) is 0 Å². The average molecular weight is 267 g/mol. The molecule has 0 spiro atoms. The van der Waals surface area contributed by atoms with E-state index in [0.717, 1.165) is 6.29 Å². The van der Waals surface area contributed by atoms with E-state index in [1.54, 1.807) is 30.3 Å². The first kappa shape index (κ1) is 12.5. The molecule has 2 unspecified atom stereocenters. The molecule has 1 aromatic carbocycles. The fourth-order valence-corrected chi connectivity index (χ4v) is 2.85. The second-order valence-corrected chi connectivity index (χ2v) is 5.14. The number of carbonyl (C=O) groups excluding carboxylic acids is 3. The van der Waals surface area contributed by atoms with E-state index >= 15 is 0 Å². The fourth-order valence-electron chi connectivity index (χ4n) is 2.85. The molecule has 3 rings (SSSR count). The Hall–Kier alpha value is -2.49. The Morgan fingerprint density at radius 2 is 1.70 bits per heavy atom. The number of hydrogen-bond acceptors (Lipinski definition) is 4. The van der Waals surface area contributed by atoms with Gasteiger partial charge in [0.05, 0.1) is 11.5 Å². The Bertz CT molecular complexity index is 712. The van der Waals surface area contributed by atoms with E-state index in [1.165, 1.54) is 0 Å². The third kappa shape index (κ3) is 1.51. The molecule has 20 heavy (non-hydrogen) atoms. The molecular weight excluding hydrogens is 254 g/mol. The Morgan fingerprint density at radius 3 is 2.30 bits per heavy atom. The van der Waals surface area contributed by atoms with Crippen LogP contribution in [-0.2, 0) is 4.79 Å². The van der Waals surface area contributed by atoms with Crippen molar-refractivity contribution in [2.45, 2.75) is 6.92 Å². The van der Waals surface area contributed by atoms with Crippen LogP contribution < -0.4 is 5.73 Å². The van der Waals surface area contributed by atoms with Gasteiger partial charge in [0.2, 0.25) is 0 Å². The quantitative estimate of drug-likeness (QED) is 0.785. The maximum atomic E-state index is 12.5. The zero-order valence-corrected chi connectivity index (χ0v) is 10.9. The van der Waals surface area contributed by atoms with Crippen LogP contribution >= 0.6 is 0 Å². The molecule has 0 heterocycles. The number of carbonyl (C=O) groups is 3. The maximum absolute atomic E-state index is 12.5. The number of benzene rings is 1. The second kappa shape index (κ2) is 4.27. The maximum Gasteiger partial charge on any atom is 0.196 e. The number of Topliss-reactive ketones (excluding diaryl/α,β-unsaturated/α-hetero) is 2. The van der Waals surface area contributed by atoms with Gasteiger partial charge in [-0.3, -0.25) is 9.59 Å². The van der Waals surface area contributed by atoms with Gasteiger partial charge in [0.1, 0.15) is 6.29 Å². The van der Waals surface area contributed by atoms with Crippen LogP contribution in [0.1, 0.15) is 27.6 Å². The summed E-state index contributed by atoms with van der Waals surface area (Å²) in [7, 11) is 0. The van der Waals surface area contributed by atoms with Crippen molar-refractivity contribution in [2.75, 3.05) is 0 Å². The van der Waals surface area contributed by atoms with Gasteiger partial charge in [-0.1, -0.05) is 37.3 Å². The van der Waals surface area contributed by atoms with Gasteiger partial charge in [-0.15, -0.1) is 0 Å². The van der Waals surface area contributed by atoms with E-state index in [-0.39, 0.29) is 28.8 Å². The highest BCUT2D eigenvalue weighted by Crippen LogP contribution is 2.37. The molecule has 1 aromatic rings. The van der Waals surface area contributed by atoms with Crippen LogP contribution in [0.2, 0.25) is 0 Å². The van der Waals surface area contributed by atoms with Crippen molar-refractivity contribution in [3.63, 3.8) is 0 Å². The molecule has 0 fully saturated rings. The zero-order chi connectivity index (χ0) is 14.4. The van der Waals surface area contributed by atoms with E-state index < -0.39 is 5.92 Å². The highest BCUT2D eigenvalue weighted by Gasteiger charge is 2.39. The van der Waals surface area contributed by atoms with Gasteiger partial charge in [0, 0.05) is 22.4 Å². The van der Waals surface area contributed by atoms with Crippen molar-refractivity contribution >= 4 is 17.9 Å². The molecule has 2 aliphatic rings. The minimum atomic E-state index is -0.546. The van der Waals surface area contributed by atoms with Crippen molar-refractivity contribution in [2.24, 2.45) is 17.6 Å². The summed E-state index contributed by atoms with van der Waals surface area (Å²) < 4.78 is 0. The third-order valence-corrected chi connectivity index (χ3v) is 3.95. The summed E-state index contributed by atoms with van der Waals surface area (Å²) >= 11 is 0. The molecule has 0 aromatic heterocycles. The molecule has 100 valence electrons. The van der Waals surface area contributed by atoms with Crippen molar-refractivity contribution in [1.29, 1.82) is 0 Å². The number of nitrogens with two attached hydrogens (primary N) is 1. The van der Waals surface area contributed by atoms with Gasteiger partial charge < -0.3 is 10.5 Å². The fraction of sp³-hybridized carbons (Fsp3) is 0.188. The topological polar surface area (TPSA) is 77.2 Å². The average Bonchev–Trinajstić information content (AvgIpc) is 2.45. The summed E-state index contributed by atoms with van der Waals surface area (Å²) in [5.74, 6) is -1.21. The largest absolute Gasteiger partial charge is 0.401 e. The smallest absolute Gasteiger partial charge is 0.196 e. The number of allylic oxidation sites excluding steroid dienone is 4. The van der Waals surface area contributed by atoms with Crippen LogP contribution in [0.3, 0.4) is 0 Å². The van der Waals surface area contributed by atoms with Gasteiger partial charge in [-0.2, -0.15) is 0 Å². The van der Waals surface area contributed by atoms with Gasteiger partial charge in [-0.05, 0) is 5.92 Å². The molecule has 0 aliphatic heterocycles. The molecule has 0 saturated heterocycles. The first-order chi connectivity index (χ1) is 9.56. The van der Waals surface area contributed by atoms with Crippen LogP contribution in [0.15, 0.2) is 47.2 Å². The molecule has 4 heteroatoms. The lowest BCUT2D eigenvalue weighted by Gasteiger charge is -2.29. The van der Waals surface area contributed by atoms with Crippen LogP contribution in [0.25, 0.3) is 0 Å². The summed E-state index contributed by atoms with van der Waals surface area (Å²) in [6.07, 6.45) is 2.42. The monoisotopic (exact) mass is 267 g/mol. The highest BCUT2D eigenvalue weighted by atomic mass is 16.1. The molecule has 2 atom stereocenters. The molecule has 0 amide bonds. The molecule has 0 bridgehead atoms. The van der Waals surface area contributed by atoms with Crippen LogP contribution in [0, 0.1) is 11.8 Å². The number of hydrogen-bond donors (Lipinski definition) is 1. The Balaban J connectivity index is 2.29. The lowest BCUT2D eigenvalue weighted by Crippen LogP contribution is -2.34. The summed E-state index contributed by atoms with van der Waals surface area (Å²) in [5, 5.41) is 0. The van der Waals surface area contributed by atoms with Crippen LogP contribution in [-0.4, -0.2) is 17.9 Å². The Kier molecular flexibility index (Phi) is 2.67. The van der Waals surface area contributed by atoms with Gasteiger partial charge in [0.15, 0.2) is 11.6 Å². The summed E-state index contributed by atoms with van der Waals surface area (Å²) in [6.45, 7) is 1.81. The minimum Gasteiger partial charge on any atom is -0.401 e. The molecule has 2 aliphatic carbocycles. The number of rotatable bonds is 1. The van der Waals surface area contributed by atoms with E-state index in [9.17, 15) is 14.4 Å². The lowest BCUT2D eigenvalue weighted by molar-refractivity contribution is -0.110. The first-order valence-corrected chi connectivity index (χ1v) is 6.41. The third-order valence-electron chi connectivity index (χ3n) is 3.95.